The number of halogens is 3. The summed E-state index contributed by atoms with van der Waals surface area (Å²) >= 11 is 0. The lowest BCUT2D eigenvalue weighted by atomic mass is 10.0. The first-order valence-corrected chi connectivity index (χ1v) is 5.02. The number of allylic oxidation sites excluding steroid dienone is 4. The van der Waals surface area contributed by atoms with Crippen LogP contribution < -0.4 is 0 Å². The quantitative estimate of drug-likeness (QED) is 0.661. The molecule has 0 saturated heterocycles. The highest BCUT2D eigenvalue weighted by molar-refractivity contribution is 5.77. The summed E-state index contributed by atoms with van der Waals surface area (Å²) in [6.45, 7) is 2.01. The van der Waals surface area contributed by atoms with Crippen LogP contribution in [0.5, 0.6) is 0 Å². The third kappa shape index (κ3) is 2.18. The van der Waals surface area contributed by atoms with Crippen LogP contribution in [0.2, 0.25) is 0 Å². The lowest BCUT2D eigenvalue weighted by molar-refractivity contribution is -0.137. The highest BCUT2D eigenvalue weighted by Gasteiger charge is 2.29. The average Bonchev–Trinajstić information content (AvgIpc) is 2.64. The van der Waals surface area contributed by atoms with Crippen LogP contribution in [0, 0.1) is 0 Å². The first-order chi connectivity index (χ1) is 7.47. The highest BCUT2D eigenvalue weighted by Crippen LogP contribution is 2.31. The van der Waals surface area contributed by atoms with E-state index in [0.29, 0.717) is 0 Å². The van der Waals surface area contributed by atoms with Crippen LogP contribution in [0.1, 0.15) is 24.5 Å². The minimum Gasteiger partial charge on any atom is -0.166 e. The molecule has 0 bridgehead atoms. The van der Waals surface area contributed by atoms with Gasteiger partial charge in [-0.25, -0.2) is 0 Å². The van der Waals surface area contributed by atoms with Gasteiger partial charge in [0.1, 0.15) is 0 Å². The summed E-state index contributed by atoms with van der Waals surface area (Å²) < 4.78 is 37.0. The summed E-state index contributed by atoms with van der Waals surface area (Å²) in [6, 6.07) is 5.28. The molecule has 0 aliphatic heterocycles. The van der Waals surface area contributed by atoms with Crippen molar-refractivity contribution in [2.24, 2.45) is 0 Å². The van der Waals surface area contributed by atoms with Crippen molar-refractivity contribution in [3.05, 3.63) is 53.1 Å². The second-order valence-corrected chi connectivity index (χ2v) is 3.93. The van der Waals surface area contributed by atoms with Crippen molar-refractivity contribution in [1.29, 1.82) is 0 Å². The Bertz CT molecular complexity index is 447. The maximum atomic E-state index is 12.3. The zero-order chi connectivity index (χ0) is 11.8. The number of benzene rings is 1. The number of hydrogen-bond donors (Lipinski definition) is 0. The van der Waals surface area contributed by atoms with Gasteiger partial charge in [0.2, 0.25) is 0 Å². The standard InChI is InChI=1S/C13H11F3/c1-9-2-3-11(8-9)10-4-6-12(7-5-10)13(14,15)16/h3-8H,2H2,1H3. The monoisotopic (exact) mass is 224 g/mol. The first kappa shape index (κ1) is 11.0. The van der Waals surface area contributed by atoms with Crippen molar-refractivity contribution in [3.8, 4) is 0 Å². The van der Waals surface area contributed by atoms with Crippen LogP contribution in [0.4, 0.5) is 13.2 Å². The van der Waals surface area contributed by atoms with Crippen LogP contribution in [-0.4, -0.2) is 0 Å². The molecular formula is C13H11F3. The molecule has 0 nitrogen and oxygen atoms in total. The van der Waals surface area contributed by atoms with E-state index in [0.717, 1.165) is 29.7 Å². The first-order valence-electron chi connectivity index (χ1n) is 5.02. The summed E-state index contributed by atoms with van der Waals surface area (Å²) in [4.78, 5) is 0. The van der Waals surface area contributed by atoms with Gasteiger partial charge in [0, 0.05) is 0 Å². The molecule has 0 saturated carbocycles. The Balaban J connectivity index is 2.27. The molecule has 0 heterocycles. The Morgan fingerprint density at radius 1 is 1.06 bits per heavy atom. The van der Waals surface area contributed by atoms with Crippen molar-refractivity contribution in [2.75, 3.05) is 0 Å². The summed E-state index contributed by atoms with van der Waals surface area (Å²) in [5.74, 6) is 0. The van der Waals surface area contributed by atoms with Gasteiger partial charge in [-0.1, -0.05) is 29.9 Å². The van der Waals surface area contributed by atoms with Crippen LogP contribution in [-0.2, 0) is 6.18 Å². The van der Waals surface area contributed by atoms with Crippen LogP contribution in [0.15, 0.2) is 42.0 Å². The molecule has 1 aromatic carbocycles. The number of alkyl halides is 3. The van der Waals surface area contributed by atoms with Crippen LogP contribution in [0.3, 0.4) is 0 Å². The van der Waals surface area contributed by atoms with E-state index in [1.807, 2.05) is 19.1 Å². The molecule has 84 valence electrons. The molecule has 1 aliphatic carbocycles. The topological polar surface area (TPSA) is 0 Å². The van der Waals surface area contributed by atoms with Gasteiger partial charge in [-0.05, 0) is 36.6 Å². The Labute approximate surface area is 92.1 Å². The molecule has 0 aromatic heterocycles. The summed E-state index contributed by atoms with van der Waals surface area (Å²) in [7, 11) is 0. The molecule has 0 radical (unpaired) electrons. The lowest BCUT2D eigenvalue weighted by Crippen LogP contribution is -2.04. The van der Waals surface area contributed by atoms with Gasteiger partial charge in [0.05, 0.1) is 5.56 Å². The normalized spacial score (nSPS) is 16.0. The van der Waals surface area contributed by atoms with E-state index in [2.05, 4.69) is 0 Å². The third-order valence-electron chi connectivity index (χ3n) is 2.59. The van der Waals surface area contributed by atoms with Gasteiger partial charge < -0.3 is 0 Å². The fourth-order valence-electron chi connectivity index (χ4n) is 1.71. The van der Waals surface area contributed by atoms with E-state index in [4.69, 9.17) is 0 Å². The van der Waals surface area contributed by atoms with Gasteiger partial charge in [0.25, 0.3) is 0 Å². The summed E-state index contributed by atoms with van der Waals surface area (Å²) in [5, 5.41) is 0. The Hall–Kier alpha value is -1.51. The molecule has 0 N–H and O–H groups in total. The molecular weight excluding hydrogens is 213 g/mol. The van der Waals surface area contributed by atoms with Crippen molar-refractivity contribution >= 4 is 5.57 Å². The molecule has 2 rings (SSSR count). The van der Waals surface area contributed by atoms with E-state index < -0.39 is 11.7 Å². The molecule has 0 unspecified atom stereocenters. The molecule has 0 fully saturated rings. The fraction of sp³-hybridized carbons (Fsp3) is 0.231. The minimum atomic E-state index is -4.26. The predicted octanol–water partition coefficient (Wildman–Crippen LogP) is 4.44. The zero-order valence-electron chi connectivity index (χ0n) is 8.81. The second kappa shape index (κ2) is 3.81. The minimum absolute atomic E-state index is 0.601. The maximum absolute atomic E-state index is 12.3. The van der Waals surface area contributed by atoms with Crippen molar-refractivity contribution < 1.29 is 13.2 Å². The van der Waals surface area contributed by atoms with Crippen molar-refractivity contribution in [3.63, 3.8) is 0 Å². The Morgan fingerprint density at radius 3 is 2.12 bits per heavy atom. The molecule has 0 spiro atoms. The SMILES string of the molecule is CC1=CC(c2ccc(C(F)(F)F)cc2)=CC1. The highest BCUT2D eigenvalue weighted by atomic mass is 19.4. The third-order valence-corrected chi connectivity index (χ3v) is 2.59. The van der Waals surface area contributed by atoms with Gasteiger partial charge in [-0.3, -0.25) is 0 Å². The second-order valence-electron chi connectivity index (χ2n) is 3.93. The van der Waals surface area contributed by atoms with E-state index >= 15 is 0 Å². The molecule has 16 heavy (non-hydrogen) atoms. The molecule has 0 atom stereocenters. The number of rotatable bonds is 1. The van der Waals surface area contributed by atoms with E-state index in [9.17, 15) is 13.2 Å². The van der Waals surface area contributed by atoms with Gasteiger partial charge in [-0.2, -0.15) is 13.2 Å². The van der Waals surface area contributed by atoms with Crippen LogP contribution >= 0.6 is 0 Å². The lowest BCUT2D eigenvalue weighted by Gasteiger charge is -2.07. The molecule has 3 heteroatoms. The predicted molar refractivity (Wildman–Crippen MR) is 57.8 cm³/mol. The summed E-state index contributed by atoms with van der Waals surface area (Å²) in [5.41, 5.74) is 2.47. The van der Waals surface area contributed by atoms with Crippen molar-refractivity contribution in [1.82, 2.24) is 0 Å². The largest absolute Gasteiger partial charge is 0.416 e. The Morgan fingerprint density at radius 2 is 1.69 bits per heavy atom. The zero-order valence-corrected chi connectivity index (χ0v) is 8.81. The summed E-state index contributed by atoms with van der Waals surface area (Å²) in [6.07, 6.45) is 0.658. The van der Waals surface area contributed by atoms with Gasteiger partial charge in [0.15, 0.2) is 0 Å². The van der Waals surface area contributed by atoms with Gasteiger partial charge >= 0.3 is 6.18 Å². The molecule has 1 aliphatic rings. The van der Waals surface area contributed by atoms with E-state index in [-0.39, 0.29) is 0 Å². The molecule has 1 aromatic rings. The fourth-order valence-corrected chi connectivity index (χ4v) is 1.71. The van der Waals surface area contributed by atoms with E-state index in [1.54, 1.807) is 0 Å². The smallest absolute Gasteiger partial charge is 0.166 e. The molecule has 0 amide bonds. The van der Waals surface area contributed by atoms with Crippen molar-refractivity contribution in [2.45, 2.75) is 19.5 Å². The maximum Gasteiger partial charge on any atom is 0.416 e. The Kier molecular flexibility index (Phi) is 2.62. The average molecular weight is 224 g/mol. The van der Waals surface area contributed by atoms with E-state index in [1.165, 1.54) is 17.7 Å². The number of hydrogen-bond acceptors (Lipinski definition) is 0. The van der Waals surface area contributed by atoms with Crippen LogP contribution in [0.25, 0.3) is 5.57 Å². The van der Waals surface area contributed by atoms with Gasteiger partial charge in [-0.15, -0.1) is 0 Å².